The predicted molar refractivity (Wildman–Crippen MR) is 97.5 cm³/mol. The van der Waals surface area contributed by atoms with E-state index in [4.69, 9.17) is 4.74 Å². The van der Waals surface area contributed by atoms with Crippen LogP contribution in [-0.4, -0.2) is 42.9 Å². The molecule has 2 amide bonds. The summed E-state index contributed by atoms with van der Waals surface area (Å²) in [5.41, 5.74) is -0.168. The minimum absolute atomic E-state index is 0.00945. The van der Waals surface area contributed by atoms with Gasteiger partial charge in [-0.3, -0.25) is 9.59 Å². The molecule has 146 valence electrons. The topological polar surface area (TPSA) is 84.5 Å². The van der Waals surface area contributed by atoms with Gasteiger partial charge in [-0.25, -0.2) is 0 Å². The highest BCUT2D eigenvalue weighted by Crippen LogP contribution is 2.35. The lowest BCUT2D eigenvalue weighted by atomic mass is 9.84. The fraction of sp³-hybridized carbons (Fsp3) is 0.850. The van der Waals surface area contributed by atoms with Gasteiger partial charge in [-0.1, -0.05) is 32.1 Å². The standard InChI is InChI=1S/C20H32N2O4/c23-14-17(21-18(24)7-6-15-4-2-1-3-5-15)12-16-13-20(22-19(16)25)8-10-26-11-9-20/h14-17H,1-13H2,(H,21,24)(H,22,25)/t16?,17-/m0/s1. The maximum absolute atomic E-state index is 12.3. The van der Waals surface area contributed by atoms with E-state index < -0.39 is 6.04 Å². The molecule has 6 nitrogen and oxygen atoms in total. The second kappa shape index (κ2) is 8.98. The molecule has 0 bridgehead atoms. The second-order valence-corrected chi connectivity index (χ2v) is 8.37. The van der Waals surface area contributed by atoms with Crippen LogP contribution in [0.2, 0.25) is 0 Å². The highest BCUT2D eigenvalue weighted by molar-refractivity contribution is 5.84. The van der Waals surface area contributed by atoms with Crippen LogP contribution in [-0.2, 0) is 19.1 Å². The quantitative estimate of drug-likeness (QED) is 0.678. The molecule has 2 saturated heterocycles. The summed E-state index contributed by atoms with van der Waals surface area (Å²) >= 11 is 0. The van der Waals surface area contributed by atoms with Gasteiger partial charge < -0.3 is 20.2 Å². The number of carbonyl (C=O) groups excluding carboxylic acids is 3. The smallest absolute Gasteiger partial charge is 0.223 e. The number of hydrogen-bond donors (Lipinski definition) is 2. The van der Waals surface area contributed by atoms with Gasteiger partial charge in [0.15, 0.2) is 0 Å². The van der Waals surface area contributed by atoms with Crippen LogP contribution in [0, 0.1) is 11.8 Å². The molecule has 0 radical (unpaired) electrons. The molecule has 3 aliphatic rings. The minimum Gasteiger partial charge on any atom is -0.381 e. The molecule has 0 aromatic carbocycles. The highest BCUT2D eigenvalue weighted by Gasteiger charge is 2.45. The largest absolute Gasteiger partial charge is 0.381 e. The molecule has 0 aromatic heterocycles. The Morgan fingerprint density at radius 1 is 1.27 bits per heavy atom. The van der Waals surface area contributed by atoms with Gasteiger partial charge in [-0.2, -0.15) is 0 Å². The van der Waals surface area contributed by atoms with Gasteiger partial charge in [-0.15, -0.1) is 0 Å². The summed E-state index contributed by atoms with van der Waals surface area (Å²) in [7, 11) is 0. The number of rotatable bonds is 7. The van der Waals surface area contributed by atoms with Gasteiger partial charge in [0.2, 0.25) is 11.8 Å². The van der Waals surface area contributed by atoms with E-state index in [-0.39, 0.29) is 23.3 Å². The highest BCUT2D eigenvalue weighted by atomic mass is 16.5. The predicted octanol–water partition coefficient (Wildman–Crippen LogP) is 2.11. The monoisotopic (exact) mass is 364 g/mol. The van der Waals surface area contributed by atoms with Gasteiger partial charge in [0.05, 0.1) is 6.04 Å². The van der Waals surface area contributed by atoms with Gasteiger partial charge >= 0.3 is 0 Å². The van der Waals surface area contributed by atoms with Crippen molar-refractivity contribution in [3.63, 3.8) is 0 Å². The number of aldehydes is 1. The first kappa shape index (κ1) is 19.3. The summed E-state index contributed by atoms with van der Waals surface area (Å²) in [4.78, 5) is 36.0. The van der Waals surface area contributed by atoms with Gasteiger partial charge in [-0.05, 0) is 38.0 Å². The lowest BCUT2D eigenvalue weighted by Crippen LogP contribution is -2.45. The molecule has 2 atom stereocenters. The number of ether oxygens (including phenoxy) is 1. The summed E-state index contributed by atoms with van der Waals surface area (Å²) in [6.45, 7) is 1.34. The Hall–Kier alpha value is -1.43. The third-order valence-electron chi connectivity index (χ3n) is 6.40. The van der Waals surface area contributed by atoms with E-state index in [1.54, 1.807) is 0 Å². The van der Waals surface area contributed by atoms with Crippen molar-refractivity contribution < 1.29 is 19.1 Å². The Labute approximate surface area is 155 Å². The minimum atomic E-state index is -0.570. The van der Waals surface area contributed by atoms with Crippen molar-refractivity contribution in [2.45, 2.75) is 82.2 Å². The summed E-state index contributed by atoms with van der Waals surface area (Å²) in [5.74, 6) is 0.391. The number of amides is 2. The molecule has 1 saturated carbocycles. The van der Waals surface area contributed by atoms with E-state index in [9.17, 15) is 14.4 Å². The molecular formula is C20H32N2O4. The van der Waals surface area contributed by atoms with E-state index in [0.29, 0.717) is 32.0 Å². The van der Waals surface area contributed by atoms with Crippen molar-refractivity contribution in [3.8, 4) is 0 Å². The van der Waals surface area contributed by atoms with Crippen molar-refractivity contribution in [2.75, 3.05) is 13.2 Å². The van der Waals surface area contributed by atoms with Crippen LogP contribution in [0.3, 0.4) is 0 Å². The van der Waals surface area contributed by atoms with Crippen molar-refractivity contribution in [2.24, 2.45) is 11.8 Å². The van der Waals surface area contributed by atoms with Crippen molar-refractivity contribution in [1.82, 2.24) is 10.6 Å². The van der Waals surface area contributed by atoms with Crippen molar-refractivity contribution in [1.29, 1.82) is 0 Å². The average molecular weight is 364 g/mol. The number of hydrogen-bond acceptors (Lipinski definition) is 4. The molecule has 1 aliphatic carbocycles. The SMILES string of the molecule is O=C[C@H](CC1CC2(CCOCC2)NC1=O)NC(=O)CCC1CCCCC1. The van der Waals surface area contributed by atoms with E-state index in [2.05, 4.69) is 10.6 Å². The van der Waals surface area contributed by atoms with Crippen LogP contribution >= 0.6 is 0 Å². The first-order valence-electron chi connectivity index (χ1n) is 10.2. The van der Waals surface area contributed by atoms with E-state index in [0.717, 1.165) is 32.0 Å². The zero-order valence-electron chi connectivity index (χ0n) is 15.6. The lowest BCUT2D eigenvalue weighted by molar-refractivity contribution is -0.126. The molecule has 2 aliphatic heterocycles. The van der Waals surface area contributed by atoms with Crippen LogP contribution in [0.1, 0.15) is 70.6 Å². The third kappa shape index (κ3) is 5.06. The molecule has 2 N–H and O–H groups in total. The van der Waals surface area contributed by atoms with Crippen molar-refractivity contribution in [3.05, 3.63) is 0 Å². The summed E-state index contributed by atoms with van der Waals surface area (Å²) in [6, 6.07) is -0.570. The molecule has 2 heterocycles. The summed E-state index contributed by atoms with van der Waals surface area (Å²) in [5, 5.41) is 5.96. The maximum Gasteiger partial charge on any atom is 0.223 e. The zero-order valence-corrected chi connectivity index (χ0v) is 15.6. The molecule has 26 heavy (non-hydrogen) atoms. The molecule has 0 aromatic rings. The van der Waals surface area contributed by atoms with Crippen LogP contribution in [0.15, 0.2) is 0 Å². The third-order valence-corrected chi connectivity index (χ3v) is 6.40. The fourth-order valence-electron chi connectivity index (χ4n) is 4.81. The summed E-state index contributed by atoms with van der Waals surface area (Å²) in [6.07, 6.45) is 11.2. The average Bonchev–Trinajstić information content (AvgIpc) is 2.95. The number of nitrogens with one attached hydrogen (secondary N) is 2. The van der Waals surface area contributed by atoms with E-state index >= 15 is 0 Å². The molecule has 1 unspecified atom stereocenters. The molecular weight excluding hydrogens is 332 g/mol. The normalized spacial score (nSPS) is 27.1. The first-order chi connectivity index (χ1) is 12.6. The molecule has 1 spiro atoms. The Kier molecular flexibility index (Phi) is 6.68. The first-order valence-corrected chi connectivity index (χ1v) is 10.2. The van der Waals surface area contributed by atoms with Crippen LogP contribution in [0.4, 0.5) is 0 Å². The Morgan fingerprint density at radius 3 is 2.69 bits per heavy atom. The Morgan fingerprint density at radius 2 is 2.00 bits per heavy atom. The van der Waals surface area contributed by atoms with Crippen LogP contribution in [0.5, 0.6) is 0 Å². The zero-order chi connectivity index (χ0) is 18.4. The molecule has 3 fully saturated rings. The maximum atomic E-state index is 12.3. The Bertz CT molecular complexity index is 510. The lowest BCUT2D eigenvalue weighted by Gasteiger charge is -2.33. The fourth-order valence-corrected chi connectivity index (χ4v) is 4.81. The molecule has 3 rings (SSSR count). The Balaban J connectivity index is 1.44. The van der Waals surface area contributed by atoms with Gasteiger partial charge in [0.1, 0.15) is 6.29 Å². The van der Waals surface area contributed by atoms with Crippen LogP contribution < -0.4 is 10.6 Å². The van der Waals surface area contributed by atoms with Crippen molar-refractivity contribution >= 4 is 18.1 Å². The summed E-state index contributed by atoms with van der Waals surface area (Å²) < 4.78 is 5.39. The second-order valence-electron chi connectivity index (χ2n) is 8.37. The molecule has 6 heteroatoms. The van der Waals surface area contributed by atoms with E-state index in [1.807, 2.05) is 0 Å². The van der Waals surface area contributed by atoms with Gasteiger partial charge in [0.25, 0.3) is 0 Å². The van der Waals surface area contributed by atoms with Crippen LogP contribution in [0.25, 0.3) is 0 Å². The van der Waals surface area contributed by atoms with Gasteiger partial charge in [0, 0.05) is 31.1 Å². The number of carbonyl (C=O) groups is 3. The van der Waals surface area contributed by atoms with E-state index in [1.165, 1.54) is 32.1 Å².